The predicted octanol–water partition coefficient (Wildman–Crippen LogP) is 4.76. The van der Waals surface area contributed by atoms with Crippen molar-refractivity contribution < 1.29 is 14.3 Å². The van der Waals surface area contributed by atoms with Gasteiger partial charge in [-0.05, 0) is 55.5 Å². The smallest absolute Gasteiger partial charge is 0.337 e. The van der Waals surface area contributed by atoms with E-state index in [1.54, 1.807) is 28.9 Å². The van der Waals surface area contributed by atoms with Crippen LogP contribution < -0.4 is 10.6 Å². The molecule has 0 radical (unpaired) electrons. The number of thiocarbonyl (C=S) groups is 1. The summed E-state index contributed by atoms with van der Waals surface area (Å²) in [4.78, 5) is 24.9. The topological polar surface area (TPSA) is 85.2 Å². The van der Waals surface area contributed by atoms with Crippen LogP contribution >= 0.6 is 12.2 Å². The van der Waals surface area contributed by atoms with Crippen LogP contribution in [0.3, 0.4) is 0 Å². The summed E-state index contributed by atoms with van der Waals surface area (Å²) in [6, 6.07) is 25.7. The van der Waals surface area contributed by atoms with Crippen LogP contribution in [0.1, 0.15) is 26.4 Å². The van der Waals surface area contributed by atoms with Gasteiger partial charge < -0.3 is 10.1 Å². The van der Waals surface area contributed by atoms with Crippen LogP contribution in [0.2, 0.25) is 0 Å². The van der Waals surface area contributed by atoms with Crippen molar-refractivity contribution in [1.29, 1.82) is 0 Å². The van der Waals surface area contributed by atoms with Crippen molar-refractivity contribution in [3.63, 3.8) is 0 Å². The molecule has 0 saturated heterocycles. The number of ether oxygens (including phenoxy) is 1. The van der Waals surface area contributed by atoms with Crippen LogP contribution in [0.25, 0.3) is 16.9 Å². The van der Waals surface area contributed by atoms with Crippen molar-refractivity contribution in [2.24, 2.45) is 0 Å². The van der Waals surface area contributed by atoms with E-state index in [9.17, 15) is 9.59 Å². The van der Waals surface area contributed by atoms with Crippen LogP contribution in [-0.4, -0.2) is 33.9 Å². The number of methoxy groups -OCH3 is 1. The molecule has 0 fully saturated rings. The number of hydrogen-bond donors (Lipinski definition) is 2. The van der Waals surface area contributed by atoms with E-state index < -0.39 is 5.97 Å². The first-order valence-corrected chi connectivity index (χ1v) is 10.9. The van der Waals surface area contributed by atoms with E-state index in [1.165, 1.54) is 7.11 Å². The summed E-state index contributed by atoms with van der Waals surface area (Å²) in [5.41, 5.74) is 4.39. The third-order valence-electron chi connectivity index (χ3n) is 5.18. The van der Waals surface area contributed by atoms with E-state index in [1.807, 2.05) is 67.6 Å². The van der Waals surface area contributed by atoms with Crippen molar-refractivity contribution in [1.82, 2.24) is 15.1 Å². The highest BCUT2D eigenvalue weighted by Gasteiger charge is 2.23. The number of aromatic nitrogens is 2. The molecule has 1 aromatic heterocycles. The first-order valence-electron chi connectivity index (χ1n) is 10.5. The van der Waals surface area contributed by atoms with Gasteiger partial charge in [0.25, 0.3) is 5.91 Å². The Hall–Kier alpha value is -4.30. The molecule has 34 heavy (non-hydrogen) atoms. The number of esters is 1. The van der Waals surface area contributed by atoms with Crippen molar-refractivity contribution in [2.45, 2.75) is 6.92 Å². The summed E-state index contributed by atoms with van der Waals surface area (Å²) in [5.74, 6) is -0.802. The Morgan fingerprint density at radius 1 is 0.912 bits per heavy atom. The van der Waals surface area contributed by atoms with Crippen molar-refractivity contribution in [3.8, 4) is 16.9 Å². The summed E-state index contributed by atoms with van der Waals surface area (Å²) in [7, 11) is 1.32. The molecule has 0 atom stereocenters. The van der Waals surface area contributed by atoms with Crippen LogP contribution in [0.4, 0.5) is 5.69 Å². The minimum atomic E-state index is -0.429. The van der Waals surface area contributed by atoms with Gasteiger partial charge in [0.15, 0.2) is 5.11 Å². The number of amides is 1. The van der Waals surface area contributed by atoms with Gasteiger partial charge >= 0.3 is 5.97 Å². The number of carbonyl (C=O) groups excluding carboxylic acids is 2. The second kappa shape index (κ2) is 10.1. The lowest BCUT2D eigenvalue weighted by Crippen LogP contribution is -2.34. The van der Waals surface area contributed by atoms with Gasteiger partial charge in [0.2, 0.25) is 0 Å². The summed E-state index contributed by atoms with van der Waals surface area (Å²) >= 11 is 5.36. The molecule has 0 spiro atoms. The highest BCUT2D eigenvalue weighted by Crippen LogP contribution is 2.27. The molecule has 3 aromatic carbocycles. The Morgan fingerprint density at radius 3 is 2.15 bits per heavy atom. The second-order valence-electron chi connectivity index (χ2n) is 7.40. The standard InChI is InChI=1S/C26H22N4O3S/c1-17-22(24(31)28-26(34)27-20-15-13-19(14-16-20)25(32)33-2)23(18-9-5-3-6-10-18)29-30(17)21-11-7-4-8-12-21/h3-16H,1-2H3,(H2,27,28,31,34). The summed E-state index contributed by atoms with van der Waals surface area (Å²) in [6.45, 7) is 1.85. The Morgan fingerprint density at radius 2 is 1.53 bits per heavy atom. The molecule has 0 unspecified atom stereocenters. The van der Waals surface area contributed by atoms with Crippen LogP contribution in [-0.2, 0) is 4.74 Å². The first-order chi connectivity index (χ1) is 16.5. The van der Waals surface area contributed by atoms with E-state index >= 15 is 0 Å². The lowest BCUT2D eigenvalue weighted by atomic mass is 10.1. The summed E-state index contributed by atoms with van der Waals surface area (Å²) < 4.78 is 6.45. The molecule has 1 amide bonds. The number of benzene rings is 3. The zero-order chi connectivity index (χ0) is 24.1. The lowest BCUT2D eigenvalue weighted by Gasteiger charge is -2.11. The molecule has 8 heteroatoms. The van der Waals surface area contributed by atoms with E-state index in [2.05, 4.69) is 10.6 Å². The second-order valence-corrected chi connectivity index (χ2v) is 7.81. The Kier molecular flexibility index (Phi) is 6.79. The third kappa shape index (κ3) is 4.87. The Bertz CT molecular complexity index is 1330. The van der Waals surface area contributed by atoms with E-state index in [4.69, 9.17) is 22.1 Å². The monoisotopic (exact) mass is 470 g/mol. The van der Waals surface area contributed by atoms with Crippen LogP contribution in [0.5, 0.6) is 0 Å². The van der Waals surface area contributed by atoms with Gasteiger partial charge in [0, 0.05) is 11.3 Å². The van der Waals surface area contributed by atoms with E-state index in [0.717, 1.165) is 11.3 Å². The van der Waals surface area contributed by atoms with Crippen molar-refractivity contribution in [2.75, 3.05) is 12.4 Å². The van der Waals surface area contributed by atoms with Crippen LogP contribution in [0, 0.1) is 6.92 Å². The lowest BCUT2D eigenvalue weighted by molar-refractivity contribution is 0.0600. The average Bonchev–Trinajstić information content (AvgIpc) is 3.22. The zero-order valence-corrected chi connectivity index (χ0v) is 19.4. The Balaban J connectivity index is 1.60. The van der Waals surface area contributed by atoms with E-state index in [-0.39, 0.29) is 11.0 Å². The molecule has 0 aliphatic carbocycles. The summed E-state index contributed by atoms with van der Waals surface area (Å²) in [5, 5.41) is 10.6. The van der Waals surface area contributed by atoms with Gasteiger partial charge in [0.1, 0.15) is 5.69 Å². The molecule has 2 N–H and O–H groups in total. The molecule has 4 aromatic rings. The number of nitrogens with one attached hydrogen (secondary N) is 2. The average molecular weight is 471 g/mol. The zero-order valence-electron chi connectivity index (χ0n) is 18.6. The minimum absolute atomic E-state index is 0.127. The maximum atomic E-state index is 13.3. The first kappa shape index (κ1) is 22.9. The molecule has 0 saturated carbocycles. The van der Waals surface area contributed by atoms with Gasteiger partial charge in [0.05, 0.1) is 29.6 Å². The number of hydrogen-bond acceptors (Lipinski definition) is 5. The SMILES string of the molecule is COC(=O)c1ccc(NC(=S)NC(=O)c2c(-c3ccccc3)nn(-c3ccccc3)c2C)cc1. The minimum Gasteiger partial charge on any atom is -0.465 e. The molecule has 0 aliphatic heterocycles. The molecule has 170 valence electrons. The largest absolute Gasteiger partial charge is 0.465 e. The normalized spacial score (nSPS) is 10.4. The molecular formula is C26H22N4O3S. The third-order valence-corrected chi connectivity index (χ3v) is 5.39. The summed E-state index contributed by atoms with van der Waals surface area (Å²) in [6.07, 6.45) is 0. The number of anilines is 1. The molecular weight excluding hydrogens is 448 g/mol. The van der Waals surface area contributed by atoms with E-state index in [0.29, 0.717) is 28.2 Å². The van der Waals surface area contributed by atoms with Crippen molar-refractivity contribution >= 4 is 34.9 Å². The van der Waals surface area contributed by atoms with Gasteiger partial charge in [-0.3, -0.25) is 10.1 Å². The predicted molar refractivity (Wildman–Crippen MR) is 135 cm³/mol. The maximum Gasteiger partial charge on any atom is 0.337 e. The molecule has 0 aliphatic rings. The number of nitrogens with zero attached hydrogens (tertiary/aromatic N) is 2. The number of carbonyl (C=O) groups is 2. The fraction of sp³-hybridized carbons (Fsp3) is 0.0769. The maximum absolute atomic E-state index is 13.3. The highest BCUT2D eigenvalue weighted by molar-refractivity contribution is 7.80. The Labute approximate surface area is 202 Å². The van der Waals surface area contributed by atoms with Gasteiger partial charge in [-0.25, -0.2) is 9.48 Å². The molecule has 4 rings (SSSR count). The molecule has 0 bridgehead atoms. The number of para-hydroxylation sites is 1. The van der Waals surface area contributed by atoms with Gasteiger partial charge in [-0.2, -0.15) is 5.10 Å². The molecule has 1 heterocycles. The van der Waals surface area contributed by atoms with Crippen molar-refractivity contribution in [3.05, 3.63) is 102 Å². The quantitative estimate of drug-likeness (QED) is 0.323. The van der Waals surface area contributed by atoms with Crippen LogP contribution in [0.15, 0.2) is 84.9 Å². The molecule has 7 nitrogen and oxygen atoms in total. The fourth-order valence-corrected chi connectivity index (χ4v) is 3.74. The highest BCUT2D eigenvalue weighted by atomic mass is 32.1. The number of rotatable bonds is 5. The fourth-order valence-electron chi connectivity index (χ4n) is 3.53. The van der Waals surface area contributed by atoms with Gasteiger partial charge in [-0.15, -0.1) is 0 Å². The van der Waals surface area contributed by atoms with Gasteiger partial charge in [-0.1, -0.05) is 48.5 Å².